The van der Waals surface area contributed by atoms with Gasteiger partial charge in [-0.25, -0.2) is 0 Å². The minimum Gasteiger partial charge on any atom is -0.503 e. The van der Waals surface area contributed by atoms with Crippen molar-refractivity contribution in [1.29, 1.82) is 0 Å². The van der Waals surface area contributed by atoms with Gasteiger partial charge in [0.15, 0.2) is 11.5 Å². The Morgan fingerprint density at radius 1 is 1.14 bits per heavy atom. The number of methoxy groups -OCH3 is 1. The molecule has 0 radical (unpaired) electrons. The van der Waals surface area contributed by atoms with Crippen molar-refractivity contribution in [3.8, 4) is 11.5 Å². The quantitative estimate of drug-likeness (QED) is 0.804. The molecule has 0 spiro atoms. The maximum absolute atomic E-state index is 9.85. The normalized spacial score (nSPS) is 11.5. The summed E-state index contributed by atoms with van der Waals surface area (Å²) in [6.45, 7) is 5.08. The smallest absolute Gasteiger partial charge is 0.172 e. The lowest BCUT2D eigenvalue weighted by Crippen LogP contribution is -2.40. The molecule has 2 aromatic carbocycles. The van der Waals surface area contributed by atoms with Crippen LogP contribution in [-0.4, -0.2) is 17.8 Å². The highest BCUT2D eigenvalue weighted by molar-refractivity contribution is 9.10. The first-order chi connectivity index (χ1) is 10.4. The molecule has 0 atom stereocenters. The summed E-state index contributed by atoms with van der Waals surface area (Å²) in [7, 11) is 1.55. The highest BCUT2D eigenvalue weighted by Gasteiger charge is 2.18. The van der Waals surface area contributed by atoms with E-state index in [4.69, 9.17) is 4.74 Å². The molecular weight excluding hydrogens is 342 g/mol. The summed E-state index contributed by atoms with van der Waals surface area (Å²) in [5.74, 6) is 0.613. The van der Waals surface area contributed by atoms with Crippen LogP contribution in [0.3, 0.4) is 0 Å². The molecular formula is C18H22BrNO2. The van der Waals surface area contributed by atoms with Crippen molar-refractivity contribution in [2.75, 3.05) is 7.11 Å². The number of benzene rings is 2. The van der Waals surface area contributed by atoms with Crippen molar-refractivity contribution in [1.82, 2.24) is 5.32 Å². The Morgan fingerprint density at radius 3 is 2.45 bits per heavy atom. The Labute approximate surface area is 140 Å². The van der Waals surface area contributed by atoms with E-state index in [9.17, 15) is 5.11 Å². The first-order valence-corrected chi connectivity index (χ1v) is 8.05. The molecule has 22 heavy (non-hydrogen) atoms. The Balaban J connectivity index is 2.04. The molecule has 118 valence electrons. The van der Waals surface area contributed by atoms with E-state index in [1.54, 1.807) is 7.11 Å². The second-order valence-electron chi connectivity index (χ2n) is 6.03. The van der Waals surface area contributed by atoms with Crippen LogP contribution in [-0.2, 0) is 13.0 Å². The van der Waals surface area contributed by atoms with E-state index in [-0.39, 0.29) is 11.3 Å². The fourth-order valence-electron chi connectivity index (χ4n) is 2.39. The van der Waals surface area contributed by atoms with Crippen LogP contribution in [0.4, 0.5) is 0 Å². The number of nitrogens with one attached hydrogen (secondary N) is 1. The lowest BCUT2D eigenvalue weighted by Gasteiger charge is -2.27. The summed E-state index contributed by atoms with van der Waals surface area (Å²) in [4.78, 5) is 0. The van der Waals surface area contributed by atoms with Gasteiger partial charge in [-0.1, -0.05) is 30.3 Å². The molecule has 0 fully saturated rings. The highest BCUT2D eigenvalue weighted by Crippen LogP contribution is 2.35. The van der Waals surface area contributed by atoms with Gasteiger partial charge in [0.05, 0.1) is 11.6 Å². The fourth-order valence-corrected chi connectivity index (χ4v) is 2.88. The van der Waals surface area contributed by atoms with Gasteiger partial charge in [0.2, 0.25) is 0 Å². The lowest BCUT2D eigenvalue weighted by molar-refractivity contribution is 0.367. The lowest BCUT2D eigenvalue weighted by atomic mass is 9.94. The van der Waals surface area contributed by atoms with Gasteiger partial charge in [0.1, 0.15) is 0 Å². The zero-order valence-corrected chi connectivity index (χ0v) is 14.8. The topological polar surface area (TPSA) is 41.5 Å². The van der Waals surface area contributed by atoms with E-state index in [0.29, 0.717) is 16.8 Å². The average Bonchev–Trinajstić information content (AvgIpc) is 2.49. The minimum atomic E-state index is -0.0288. The standard InChI is InChI=1S/C18H22BrNO2/c1-18(2,11-13-7-5-4-6-8-13)20-12-14-9-15(19)17(21)16(10-14)22-3/h4-10,20-21H,11-12H2,1-3H3. The minimum absolute atomic E-state index is 0.0288. The summed E-state index contributed by atoms with van der Waals surface area (Å²) in [6.07, 6.45) is 0.949. The van der Waals surface area contributed by atoms with Gasteiger partial charge >= 0.3 is 0 Å². The van der Waals surface area contributed by atoms with E-state index >= 15 is 0 Å². The van der Waals surface area contributed by atoms with Gasteiger partial charge < -0.3 is 15.2 Å². The maximum Gasteiger partial charge on any atom is 0.172 e. The number of hydrogen-bond donors (Lipinski definition) is 2. The fraction of sp³-hybridized carbons (Fsp3) is 0.333. The SMILES string of the molecule is COc1cc(CNC(C)(C)Cc2ccccc2)cc(Br)c1O. The van der Waals surface area contributed by atoms with Crippen molar-refractivity contribution in [2.24, 2.45) is 0 Å². The highest BCUT2D eigenvalue weighted by atomic mass is 79.9. The maximum atomic E-state index is 9.85. The molecule has 4 heteroatoms. The molecule has 2 rings (SSSR count). The average molecular weight is 364 g/mol. The van der Waals surface area contributed by atoms with Crippen LogP contribution in [0, 0.1) is 0 Å². The molecule has 0 amide bonds. The summed E-state index contributed by atoms with van der Waals surface area (Å²) in [5, 5.41) is 13.4. The molecule has 0 aliphatic heterocycles. The van der Waals surface area contributed by atoms with E-state index in [1.807, 2.05) is 18.2 Å². The number of hydrogen-bond acceptors (Lipinski definition) is 3. The number of aromatic hydroxyl groups is 1. The third-order valence-electron chi connectivity index (χ3n) is 3.57. The molecule has 0 aromatic heterocycles. The number of phenols is 1. The molecule has 0 saturated carbocycles. The molecule has 0 aliphatic carbocycles. The molecule has 0 bridgehead atoms. The van der Waals surface area contributed by atoms with Gasteiger partial charge in [0, 0.05) is 12.1 Å². The Bertz CT molecular complexity index is 626. The summed E-state index contributed by atoms with van der Waals surface area (Å²) < 4.78 is 5.83. The Kier molecular flexibility index (Phi) is 5.48. The second kappa shape index (κ2) is 7.16. The van der Waals surface area contributed by atoms with Crippen LogP contribution in [0.5, 0.6) is 11.5 Å². The Hall–Kier alpha value is -1.52. The van der Waals surface area contributed by atoms with Crippen LogP contribution < -0.4 is 10.1 Å². The molecule has 0 heterocycles. The van der Waals surface area contributed by atoms with Gasteiger partial charge in [-0.05, 0) is 59.5 Å². The van der Waals surface area contributed by atoms with Crippen molar-refractivity contribution < 1.29 is 9.84 Å². The molecule has 3 nitrogen and oxygen atoms in total. The summed E-state index contributed by atoms with van der Waals surface area (Å²) in [6, 6.07) is 14.2. The third kappa shape index (κ3) is 4.49. The number of phenolic OH excluding ortho intramolecular Hbond substituents is 1. The van der Waals surface area contributed by atoms with Crippen LogP contribution in [0.2, 0.25) is 0 Å². The molecule has 2 aromatic rings. The van der Waals surface area contributed by atoms with Gasteiger partial charge in [0.25, 0.3) is 0 Å². The Morgan fingerprint density at radius 2 is 1.82 bits per heavy atom. The number of rotatable bonds is 6. The zero-order chi connectivity index (χ0) is 16.2. The van der Waals surface area contributed by atoms with Crippen LogP contribution in [0.25, 0.3) is 0 Å². The van der Waals surface area contributed by atoms with Gasteiger partial charge in [-0.3, -0.25) is 0 Å². The van der Waals surface area contributed by atoms with Crippen molar-refractivity contribution in [2.45, 2.75) is 32.4 Å². The first kappa shape index (κ1) is 16.8. The summed E-state index contributed by atoms with van der Waals surface area (Å²) >= 11 is 3.35. The predicted octanol–water partition coefficient (Wildman–Crippen LogP) is 4.27. The zero-order valence-electron chi connectivity index (χ0n) is 13.2. The van der Waals surface area contributed by atoms with E-state index in [0.717, 1.165) is 12.0 Å². The van der Waals surface area contributed by atoms with Gasteiger partial charge in [-0.15, -0.1) is 0 Å². The van der Waals surface area contributed by atoms with Crippen LogP contribution in [0.1, 0.15) is 25.0 Å². The van der Waals surface area contributed by atoms with E-state index in [1.165, 1.54) is 5.56 Å². The predicted molar refractivity (Wildman–Crippen MR) is 93.4 cm³/mol. The molecule has 0 saturated heterocycles. The van der Waals surface area contributed by atoms with Crippen LogP contribution in [0.15, 0.2) is 46.9 Å². The molecule has 0 unspecified atom stereocenters. The first-order valence-electron chi connectivity index (χ1n) is 7.25. The van der Waals surface area contributed by atoms with Crippen molar-refractivity contribution in [3.05, 3.63) is 58.1 Å². The number of ether oxygens (including phenoxy) is 1. The van der Waals surface area contributed by atoms with Gasteiger partial charge in [-0.2, -0.15) is 0 Å². The monoisotopic (exact) mass is 363 g/mol. The molecule has 0 aliphatic rings. The van der Waals surface area contributed by atoms with E-state index in [2.05, 4.69) is 59.4 Å². The number of halogens is 1. The van der Waals surface area contributed by atoms with Crippen LogP contribution >= 0.6 is 15.9 Å². The van der Waals surface area contributed by atoms with Crippen molar-refractivity contribution in [3.63, 3.8) is 0 Å². The second-order valence-corrected chi connectivity index (χ2v) is 6.88. The largest absolute Gasteiger partial charge is 0.503 e. The molecule has 2 N–H and O–H groups in total. The third-order valence-corrected chi connectivity index (χ3v) is 4.17. The van der Waals surface area contributed by atoms with Crippen molar-refractivity contribution >= 4 is 15.9 Å². The van der Waals surface area contributed by atoms with E-state index < -0.39 is 0 Å². The summed E-state index contributed by atoms with van der Waals surface area (Å²) in [5.41, 5.74) is 2.34.